The summed E-state index contributed by atoms with van der Waals surface area (Å²) in [6, 6.07) is 11.5. The van der Waals surface area contributed by atoms with E-state index in [4.69, 9.17) is 0 Å². The van der Waals surface area contributed by atoms with Gasteiger partial charge in [0.25, 0.3) is 0 Å². The second-order valence-corrected chi connectivity index (χ2v) is 8.58. The Morgan fingerprint density at radius 1 is 1.07 bits per heavy atom. The van der Waals surface area contributed by atoms with E-state index in [1.165, 1.54) is 10.1 Å². The molecule has 0 bridgehead atoms. The van der Waals surface area contributed by atoms with Crippen LogP contribution in [-0.4, -0.2) is 46.4 Å². The van der Waals surface area contributed by atoms with E-state index >= 15 is 0 Å². The van der Waals surface area contributed by atoms with Crippen LogP contribution < -0.4 is 0 Å². The normalized spacial score (nSPS) is 15.1. The number of benzene rings is 2. The third-order valence-electron chi connectivity index (χ3n) is 4.63. The first-order chi connectivity index (χ1) is 13.4. The number of aliphatic carboxylic acids is 2. The van der Waals surface area contributed by atoms with Gasteiger partial charge in [0.15, 0.2) is 0 Å². The first-order valence-electron chi connectivity index (χ1n) is 8.39. The molecule has 8 nitrogen and oxygen atoms in total. The fraction of sp³-hybridized carbons (Fsp3) is 0.222. The minimum atomic E-state index is -2.46. The van der Waals surface area contributed by atoms with Gasteiger partial charge < -0.3 is 10.2 Å². The van der Waals surface area contributed by atoms with E-state index in [1.807, 2.05) is 36.4 Å². The molecule has 1 saturated carbocycles. The molecule has 144 valence electrons. The van der Waals surface area contributed by atoms with Gasteiger partial charge in [0.1, 0.15) is 10.8 Å². The molecule has 0 spiro atoms. The molecule has 0 saturated heterocycles. The molecule has 0 amide bonds. The molecule has 1 fully saturated rings. The topological polar surface area (TPSA) is 122 Å². The summed E-state index contributed by atoms with van der Waals surface area (Å²) in [6.07, 6.45) is 2.27. The van der Waals surface area contributed by atoms with E-state index in [2.05, 4.69) is 26.1 Å². The first kappa shape index (κ1) is 18.8. The van der Waals surface area contributed by atoms with E-state index in [0.29, 0.717) is 11.6 Å². The molecule has 0 aliphatic heterocycles. The Morgan fingerprint density at radius 3 is 2.32 bits per heavy atom. The molecule has 1 aromatic heterocycles. The standard InChI is InChI=1S/C18H14BrN3O5S/c19-17-20-21-18(28(27)14(15(23)24)16(25)26)22(17)13-8-7-10(9-5-6-9)11-3-1-2-4-12(11)13/h1-4,7-9,14H,5-6H2,(H,23,24)(H,25,26). The van der Waals surface area contributed by atoms with Crippen molar-refractivity contribution in [3.63, 3.8) is 0 Å². The fourth-order valence-corrected chi connectivity index (χ4v) is 4.85. The Balaban J connectivity index is 1.91. The lowest BCUT2D eigenvalue weighted by molar-refractivity contribution is -0.146. The number of aromatic nitrogens is 3. The lowest BCUT2D eigenvalue weighted by atomic mass is 9.99. The third kappa shape index (κ3) is 3.12. The minimum absolute atomic E-state index is 0.203. The summed E-state index contributed by atoms with van der Waals surface area (Å²) in [5, 5.41) is 25.5. The van der Waals surface area contributed by atoms with Crippen LogP contribution in [0.2, 0.25) is 0 Å². The number of hydrogen-bond acceptors (Lipinski definition) is 5. The summed E-state index contributed by atoms with van der Waals surface area (Å²) < 4.78 is 14.4. The van der Waals surface area contributed by atoms with Crippen LogP contribution in [-0.2, 0) is 20.4 Å². The van der Waals surface area contributed by atoms with Crippen LogP contribution in [0.4, 0.5) is 0 Å². The Labute approximate surface area is 169 Å². The molecular formula is C18H14BrN3O5S. The summed E-state index contributed by atoms with van der Waals surface area (Å²) in [4.78, 5) is 22.6. The summed E-state index contributed by atoms with van der Waals surface area (Å²) in [5.74, 6) is -2.89. The van der Waals surface area contributed by atoms with Crippen LogP contribution in [0.1, 0.15) is 24.3 Å². The molecule has 2 N–H and O–H groups in total. The van der Waals surface area contributed by atoms with Crippen molar-refractivity contribution in [2.75, 3.05) is 0 Å². The molecular weight excluding hydrogens is 450 g/mol. The van der Waals surface area contributed by atoms with Crippen molar-refractivity contribution < 1.29 is 24.0 Å². The van der Waals surface area contributed by atoms with Crippen molar-refractivity contribution >= 4 is 49.4 Å². The molecule has 2 aromatic carbocycles. The zero-order valence-electron chi connectivity index (χ0n) is 14.3. The first-order valence-corrected chi connectivity index (χ1v) is 10.4. The Bertz CT molecular complexity index is 1130. The predicted molar refractivity (Wildman–Crippen MR) is 104 cm³/mol. The second-order valence-electron chi connectivity index (χ2n) is 6.43. The van der Waals surface area contributed by atoms with Gasteiger partial charge in [0, 0.05) is 5.39 Å². The molecule has 1 unspecified atom stereocenters. The zero-order chi connectivity index (χ0) is 20.0. The molecule has 1 aliphatic carbocycles. The average molecular weight is 464 g/mol. The number of carboxylic acid groups (broad SMARTS) is 2. The molecule has 1 heterocycles. The maximum absolute atomic E-state index is 12.8. The molecule has 4 rings (SSSR count). The zero-order valence-corrected chi connectivity index (χ0v) is 16.7. The average Bonchev–Trinajstić information content (AvgIpc) is 3.42. The second kappa shape index (κ2) is 7.10. The number of nitrogens with zero attached hydrogens (tertiary/aromatic N) is 3. The van der Waals surface area contributed by atoms with Gasteiger partial charge in [-0.25, -0.2) is 4.21 Å². The summed E-state index contributed by atoms with van der Waals surface area (Å²) in [6.45, 7) is 0. The fourth-order valence-electron chi connectivity index (χ4n) is 3.23. The minimum Gasteiger partial charge on any atom is -0.480 e. The smallest absolute Gasteiger partial charge is 0.331 e. The highest BCUT2D eigenvalue weighted by molar-refractivity contribution is 9.10. The highest BCUT2D eigenvalue weighted by atomic mass is 79.9. The highest BCUT2D eigenvalue weighted by Gasteiger charge is 2.37. The van der Waals surface area contributed by atoms with Crippen molar-refractivity contribution in [2.24, 2.45) is 0 Å². The molecule has 1 aliphatic rings. The van der Waals surface area contributed by atoms with Gasteiger partial charge in [-0.2, -0.15) is 0 Å². The van der Waals surface area contributed by atoms with Crippen LogP contribution in [0, 0.1) is 0 Å². The molecule has 3 aromatic rings. The number of carbonyl (C=O) groups is 2. The SMILES string of the molecule is O=C(O)C(C(=O)O)S(=O)c1nnc(Br)n1-c1ccc(C2CC2)c2ccccc12. The third-order valence-corrected chi connectivity index (χ3v) is 6.60. The maximum Gasteiger partial charge on any atom is 0.331 e. The van der Waals surface area contributed by atoms with Crippen LogP contribution >= 0.6 is 15.9 Å². The number of halogens is 1. The lowest BCUT2D eigenvalue weighted by Crippen LogP contribution is -2.35. The monoisotopic (exact) mass is 463 g/mol. The molecule has 1 atom stereocenters. The summed E-state index contributed by atoms with van der Waals surface area (Å²) in [5.41, 5.74) is 1.81. The number of rotatable bonds is 6. The van der Waals surface area contributed by atoms with E-state index < -0.39 is 28.0 Å². The van der Waals surface area contributed by atoms with Crippen LogP contribution in [0.5, 0.6) is 0 Å². The predicted octanol–water partition coefficient (Wildman–Crippen LogP) is 2.71. The van der Waals surface area contributed by atoms with Crippen molar-refractivity contribution in [1.82, 2.24) is 14.8 Å². The van der Waals surface area contributed by atoms with Gasteiger partial charge in [0.2, 0.25) is 15.1 Å². The summed E-state index contributed by atoms with van der Waals surface area (Å²) >= 11 is 3.25. The van der Waals surface area contributed by atoms with Gasteiger partial charge in [-0.15, -0.1) is 10.2 Å². The van der Waals surface area contributed by atoms with E-state index in [0.717, 1.165) is 23.6 Å². The molecule has 28 heavy (non-hydrogen) atoms. The Kier molecular flexibility index (Phi) is 4.76. The number of carboxylic acids is 2. The lowest BCUT2D eigenvalue weighted by Gasteiger charge is -2.14. The van der Waals surface area contributed by atoms with Crippen molar-refractivity contribution in [3.8, 4) is 5.69 Å². The number of hydrogen-bond donors (Lipinski definition) is 2. The van der Waals surface area contributed by atoms with Gasteiger partial charge in [-0.3, -0.25) is 14.2 Å². The molecule has 0 radical (unpaired) electrons. The quantitative estimate of drug-likeness (QED) is 0.538. The number of fused-ring (bicyclic) bond motifs is 1. The van der Waals surface area contributed by atoms with E-state index in [9.17, 15) is 24.0 Å². The Morgan fingerprint density at radius 2 is 1.71 bits per heavy atom. The van der Waals surface area contributed by atoms with Gasteiger partial charge >= 0.3 is 11.9 Å². The van der Waals surface area contributed by atoms with Crippen LogP contribution in [0.3, 0.4) is 0 Å². The Hall–Kier alpha value is -2.59. The van der Waals surface area contributed by atoms with Crippen LogP contribution in [0.25, 0.3) is 16.5 Å². The van der Waals surface area contributed by atoms with E-state index in [1.54, 1.807) is 0 Å². The van der Waals surface area contributed by atoms with Crippen LogP contribution in [0.15, 0.2) is 46.3 Å². The summed E-state index contributed by atoms with van der Waals surface area (Å²) in [7, 11) is -2.46. The van der Waals surface area contributed by atoms with Crippen molar-refractivity contribution in [3.05, 3.63) is 46.7 Å². The highest BCUT2D eigenvalue weighted by Crippen LogP contribution is 2.44. The largest absolute Gasteiger partial charge is 0.480 e. The molecule has 10 heteroatoms. The van der Waals surface area contributed by atoms with Crippen molar-refractivity contribution in [1.29, 1.82) is 0 Å². The van der Waals surface area contributed by atoms with Gasteiger partial charge in [-0.1, -0.05) is 30.3 Å². The maximum atomic E-state index is 12.8. The van der Waals surface area contributed by atoms with E-state index in [-0.39, 0.29) is 9.89 Å². The van der Waals surface area contributed by atoms with Gasteiger partial charge in [0.05, 0.1) is 5.69 Å². The van der Waals surface area contributed by atoms with Crippen molar-refractivity contribution in [2.45, 2.75) is 29.2 Å². The van der Waals surface area contributed by atoms with Gasteiger partial charge in [-0.05, 0) is 51.7 Å².